The van der Waals surface area contributed by atoms with E-state index in [1.54, 1.807) is 12.1 Å². The molecule has 9 heteroatoms. The molecule has 1 aromatic heterocycles. The SMILES string of the molecule is Cc1ccc(S(=O)(=O)N2CCN(c3ccc(N4CCCCC4C)nn3)CC2)cc1Cl. The van der Waals surface area contributed by atoms with Gasteiger partial charge in [0.05, 0.1) is 4.90 Å². The number of anilines is 2. The van der Waals surface area contributed by atoms with Crippen LogP contribution in [0.25, 0.3) is 0 Å². The van der Waals surface area contributed by atoms with Crippen LogP contribution in [0.4, 0.5) is 11.6 Å². The van der Waals surface area contributed by atoms with Crippen molar-refractivity contribution in [1.29, 1.82) is 0 Å². The summed E-state index contributed by atoms with van der Waals surface area (Å²) < 4.78 is 27.4. The van der Waals surface area contributed by atoms with E-state index in [4.69, 9.17) is 11.6 Å². The highest BCUT2D eigenvalue weighted by molar-refractivity contribution is 7.89. The zero-order chi connectivity index (χ0) is 21.3. The van der Waals surface area contributed by atoms with E-state index < -0.39 is 10.0 Å². The second-order valence-corrected chi connectivity index (χ2v) is 10.4. The van der Waals surface area contributed by atoms with Crippen LogP contribution in [-0.2, 0) is 10.0 Å². The molecular weight excluding hydrogens is 422 g/mol. The number of rotatable bonds is 4. The van der Waals surface area contributed by atoms with Crippen molar-refractivity contribution in [3.8, 4) is 0 Å². The molecule has 0 spiro atoms. The highest BCUT2D eigenvalue weighted by atomic mass is 35.5. The number of aryl methyl sites for hydroxylation is 1. The fourth-order valence-electron chi connectivity index (χ4n) is 4.12. The zero-order valence-corrected chi connectivity index (χ0v) is 19.0. The number of hydrogen-bond acceptors (Lipinski definition) is 6. The summed E-state index contributed by atoms with van der Waals surface area (Å²) in [5.41, 5.74) is 0.862. The van der Waals surface area contributed by atoms with Crippen molar-refractivity contribution in [3.05, 3.63) is 40.9 Å². The predicted molar refractivity (Wildman–Crippen MR) is 120 cm³/mol. The minimum Gasteiger partial charge on any atom is -0.352 e. The minimum atomic E-state index is -3.55. The van der Waals surface area contributed by atoms with Crippen molar-refractivity contribution < 1.29 is 8.42 Å². The van der Waals surface area contributed by atoms with Gasteiger partial charge in [0.1, 0.15) is 0 Å². The Labute approximate surface area is 183 Å². The quantitative estimate of drug-likeness (QED) is 0.713. The molecule has 2 aliphatic rings. The number of nitrogens with zero attached hydrogens (tertiary/aromatic N) is 5. The number of aromatic nitrogens is 2. The van der Waals surface area contributed by atoms with Gasteiger partial charge in [-0.05, 0) is 62.9 Å². The maximum absolute atomic E-state index is 13.0. The molecule has 162 valence electrons. The van der Waals surface area contributed by atoms with Crippen molar-refractivity contribution in [2.75, 3.05) is 42.5 Å². The van der Waals surface area contributed by atoms with Gasteiger partial charge in [0.2, 0.25) is 10.0 Å². The molecule has 0 N–H and O–H groups in total. The topological polar surface area (TPSA) is 69.6 Å². The van der Waals surface area contributed by atoms with Gasteiger partial charge in [0, 0.05) is 43.8 Å². The van der Waals surface area contributed by atoms with E-state index in [0.29, 0.717) is 37.2 Å². The summed E-state index contributed by atoms with van der Waals surface area (Å²) in [5, 5.41) is 9.34. The van der Waals surface area contributed by atoms with Crippen LogP contribution < -0.4 is 9.80 Å². The molecule has 0 amide bonds. The van der Waals surface area contributed by atoms with Crippen molar-refractivity contribution in [2.24, 2.45) is 0 Å². The first-order chi connectivity index (χ1) is 14.4. The summed E-state index contributed by atoms with van der Waals surface area (Å²) in [6.07, 6.45) is 3.65. The largest absolute Gasteiger partial charge is 0.352 e. The number of benzene rings is 1. The van der Waals surface area contributed by atoms with Gasteiger partial charge in [-0.2, -0.15) is 4.31 Å². The molecule has 30 heavy (non-hydrogen) atoms. The lowest BCUT2D eigenvalue weighted by Gasteiger charge is -2.35. The molecule has 1 atom stereocenters. The normalized spacial score (nSPS) is 21.1. The summed E-state index contributed by atoms with van der Waals surface area (Å²) in [6.45, 7) is 7.07. The van der Waals surface area contributed by atoms with Crippen molar-refractivity contribution in [3.63, 3.8) is 0 Å². The van der Waals surface area contributed by atoms with Gasteiger partial charge in [0.15, 0.2) is 11.6 Å². The van der Waals surface area contributed by atoms with E-state index in [9.17, 15) is 8.42 Å². The monoisotopic (exact) mass is 449 g/mol. The number of hydrogen-bond donors (Lipinski definition) is 0. The third-order valence-electron chi connectivity index (χ3n) is 6.08. The van der Waals surface area contributed by atoms with Crippen molar-refractivity contribution in [1.82, 2.24) is 14.5 Å². The van der Waals surface area contributed by atoms with Gasteiger partial charge < -0.3 is 9.80 Å². The minimum absolute atomic E-state index is 0.242. The van der Waals surface area contributed by atoms with Crippen LogP contribution in [-0.4, -0.2) is 61.7 Å². The van der Waals surface area contributed by atoms with Crippen LogP contribution in [0.2, 0.25) is 5.02 Å². The standard InChI is InChI=1S/C21H28ClN5O2S/c1-16-6-7-18(15-19(16)22)30(28,29)26-13-11-25(12-14-26)20-8-9-21(24-23-20)27-10-4-3-5-17(27)2/h6-9,15,17H,3-5,10-14H2,1-2H3. The molecule has 2 aliphatic heterocycles. The molecule has 0 aliphatic carbocycles. The number of sulfonamides is 1. The Morgan fingerprint density at radius 2 is 1.67 bits per heavy atom. The molecule has 7 nitrogen and oxygen atoms in total. The zero-order valence-electron chi connectivity index (χ0n) is 17.5. The second-order valence-electron chi connectivity index (χ2n) is 8.09. The first-order valence-electron chi connectivity index (χ1n) is 10.5. The Balaban J connectivity index is 1.41. The van der Waals surface area contributed by atoms with E-state index in [0.717, 1.165) is 23.7 Å². The molecule has 0 radical (unpaired) electrons. The number of halogens is 1. The first-order valence-corrected chi connectivity index (χ1v) is 12.3. The van der Waals surface area contributed by atoms with E-state index >= 15 is 0 Å². The lowest BCUT2D eigenvalue weighted by atomic mass is 10.0. The maximum Gasteiger partial charge on any atom is 0.243 e. The van der Waals surface area contributed by atoms with Gasteiger partial charge in [-0.1, -0.05) is 17.7 Å². The molecule has 2 saturated heterocycles. The Bertz CT molecular complexity index is 991. The Morgan fingerprint density at radius 1 is 0.967 bits per heavy atom. The lowest BCUT2D eigenvalue weighted by molar-refractivity contribution is 0.383. The van der Waals surface area contributed by atoms with Gasteiger partial charge in [-0.3, -0.25) is 0 Å². The van der Waals surface area contributed by atoms with Gasteiger partial charge >= 0.3 is 0 Å². The average molecular weight is 450 g/mol. The van der Waals surface area contributed by atoms with Gasteiger partial charge in [-0.25, -0.2) is 8.42 Å². The number of piperazine rings is 1. The summed E-state index contributed by atoms with van der Waals surface area (Å²) in [4.78, 5) is 4.65. The van der Waals surface area contributed by atoms with Crippen molar-refractivity contribution >= 4 is 33.3 Å². The van der Waals surface area contributed by atoms with Crippen molar-refractivity contribution in [2.45, 2.75) is 44.0 Å². The van der Waals surface area contributed by atoms with Crippen LogP contribution in [0, 0.1) is 6.92 Å². The summed E-state index contributed by atoms with van der Waals surface area (Å²) in [6, 6.07) is 9.41. The van der Waals surface area contributed by atoms with Crippen LogP contribution >= 0.6 is 11.6 Å². The Morgan fingerprint density at radius 3 is 2.30 bits per heavy atom. The summed E-state index contributed by atoms with van der Waals surface area (Å²) in [7, 11) is -3.55. The Hall–Kier alpha value is -1.90. The van der Waals surface area contributed by atoms with Crippen LogP contribution in [0.3, 0.4) is 0 Å². The fourth-order valence-corrected chi connectivity index (χ4v) is 5.81. The van der Waals surface area contributed by atoms with E-state index in [1.165, 1.54) is 29.6 Å². The fraction of sp³-hybridized carbons (Fsp3) is 0.524. The molecule has 4 rings (SSSR count). The molecule has 2 fully saturated rings. The second kappa shape index (κ2) is 8.69. The van der Waals surface area contributed by atoms with E-state index in [1.807, 2.05) is 19.1 Å². The molecule has 1 unspecified atom stereocenters. The molecule has 1 aromatic carbocycles. The summed E-state index contributed by atoms with van der Waals surface area (Å²) in [5.74, 6) is 1.71. The smallest absolute Gasteiger partial charge is 0.243 e. The third-order valence-corrected chi connectivity index (χ3v) is 8.38. The van der Waals surface area contributed by atoms with Crippen LogP contribution in [0.15, 0.2) is 35.2 Å². The molecule has 0 saturated carbocycles. The number of piperidine rings is 1. The molecule has 0 bridgehead atoms. The molecule has 3 heterocycles. The van der Waals surface area contributed by atoms with Crippen LogP contribution in [0.5, 0.6) is 0 Å². The molecular formula is C21H28ClN5O2S. The van der Waals surface area contributed by atoms with E-state index in [-0.39, 0.29) is 4.90 Å². The third kappa shape index (κ3) is 4.26. The summed E-state index contributed by atoms with van der Waals surface area (Å²) >= 11 is 6.13. The van der Waals surface area contributed by atoms with E-state index in [2.05, 4.69) is 26.9 Å². The maximum atomic E-state index is 13.0. The van der Waals surface area contributed by atoms with Gasteiger partial charge in [0.25, 0.3) is 0 Å². The molecule has 2 aromatic rings. The van der Waals surface area contributed by atoms with Crippen LogP contribution in [0.1, 0.15) is 31.7 Å². The lowest BCUT2D eigenvalue weighted by Crippen LogP contribution is -2.49. The highest BCUT2D eigenvalue weighted by Crippen LogP contribution is 2.26. The predicted octanol–water partition coefficient (Wildman–Crippen LogP) is 3.33. The Kier molecular flexibility index (Phi) is 6.18. The average Bonchev–Trinajstić information content (AvgIpc) is 2.76. The highest BCUT2D eigenvalue weighted by Gasteiger charge is 2.29. The first kappa shape index (κ1) is 21.3. The van der Waals surface area contributed by atoms with Gasteiger partial charge in [-0.15, -0.1) is 10.2 Å².